The molecule has 9 rings (SSSR count). The van der Waals surface area contributed by atoms with Crippen LogP contribution in [0.15, 0.2) is 0 Å². The maximum atomic E-state index is 4.83. The van der Waals surface area contributed by atoms with Crippen molar-refractivity contribution < 1.29 is 0 Å². The van der Waals surface area contributed by atoms with Crippen LogP contribution in [-0.2, 0) is 0 Å². The number of rotatable bonds is 0. The second-order valence-electron chi connectivity index (χ2n) is 15.6. The Morgan fingerprint density at radius 1 is 0.262 bits per heavy atom. The Morgan fingerprint density at radius 2 is 0.381 bits per heavy atom. The van der Waals surface area contributed by atoms with Gasteiger partial charge in [0.1, 0.15) is 0 Å². The van der Waals surface area contributed by atoms with Crippen molar-refractivity contribution in [3.8, 4) is 0 Å². The van der Waals surface area contributed by atoms with Crippen LogP contribution in [-0.4, -0.2) is 64.9 Å². The summed E-state index contributed by atoms with van der Waals surface area (Å²) in [4.78, 5) is 0. The Labute approximate surface area is 266 Å². The second-order valence-corrected chi connectivity index (χ2v) is 15.6. The van der Waals surface area contributed by atoms with Crippen molar-refractivity contribution >= 4 is 25.6 Å². The van der Waals surface area contributed by atoms with Gasteiger partial charge in [0.05, 0.1) is 49.3 Å². The van der Waals surface area contributed by atoms with Gasteiger partial charge in [0, 0.05) is 0 Å². The molecule has 9 fully saturated rings. The van der Waals surface area contributed by atoms with Gasteiger partial charge >= 0.3 is 25.6 Å². The van der Waals surface area contributed by atoms with Crippen molar-refractivity contribution in [3.05, 3.63) is 0 Å². The van der Waals surface area contributed by atoms with Crippen molar-refractivity contribution in [2.75, 3.05) is 0 Å². The van der Waals surface area contributed by atoms with Gasteiger partial charge in [-0.15, -0.1) is 0 Å². The first-order valence-corrected chi connectivity index (χ1v) is 23.8. The quantitative estimate of drug-likeness (QED) is 0.187. The van der Waals surface area contributed by atoms with Crippen molar-refractivity contribution in [2.45, 2.75) is 152 Å². The molecule has 10 heteroatoms. The molecule has 0 aromatic carbocycles. The average molecular weight is 664 g/mol. The fourth-order valence-corrected chi connectivity index (χ4v) is 12.0. The predicted molar refractivity (Wildman–Crippen MR) is 173 cm³/mol. The van der Waals surface area contributed by atoms with Gasteiger partial charge in [-0.25, -0.2) is 0 Å². The molecule has 4 saturated carbocycles. The van der Waals surface area contributed by atoms with Crippen LogP contribution in [0.5, 0.6) is 0 Å². The molecule has 4 aliphatic carbocycles. The molecule has 8 nitrogen and oxygen atoms in total. The van der Waals surface area contributed by atoms with E-state index in [9.17, 15) is 0 Å². The Balaban J connectivity index is 0.00000131. The van der Waals surface area contributed by atoms with Crippen LogP contribution in [0.3, 0.4) is 0 Å². The van der Waals surface area contributed by atoms with Gasteiger partial charge in [0.2, 0.25) is 0 Å². The maximum absolute atomic E-state index is 4.83. The summed E-state index contributed by atoms with van der Waals surface area (Å²) < 4.78 is 0. The summed E-state index contributed by atoms with van der Waals surface area (Å²) in [6.45, 7) is 0. The van der Waals surface area contributed by atoms with Crippen LogP contribution >= 0.6 is 10.0 Å². The van der Waals surface area contributed by atoms with E-state index >= 15 is 0 Å². The van der Waals surface area contributed by atoms with Gasteiger partial charge in [-0.1, -0.05) is 51.4 Å². The standard InChI is InChI=1S/C32H56N8.ClGeH3/c1-2-10-18-17(9-1)25-33-26(18)38-28-21-13-5-6-14-22(21)30(35-28)40-32-24-16-8-7-15-23(24)31(36-32)39-29-20-12-4-3-11-19(20)27(34-29)37-25;1-2/h17-40H,1-16H2;2H3. The van der Waals surface area contributed by atoms with Gasteiger partial charge < -0.3 is 0 Å². The molecular weight excluding hydrogens is 604 g/mol. The fraction of sp³-hybridized carbons (Fsp3) is 1.00. The van der Waals surface area contributed by atoms with Crippen LogP contribution in [0.1, 0.15) is 103 Å². The molecule has 238 valence electrons. The summed E-state index contributed by atoms with van der Waals surface area (Å²) >= 11 is 0.535. The molecule has 8 unspecified atom stereocenters. The zero-order chi connectivity index (χ0) is 28.2. The summed E-state index contributed by atoms with van der Waals surface area (Å²) in [7, 11) is 4.83. The van der Waals surface area contributed by atoms with Gasteiger partial charge in [-0.2, -0.15) is 0 Å². The molecule has 9 aliphatic rings. The van der Waals surface area contributed by atoms with E-state index in [4.69, 9.17) is 10.0 Å². The molecule has 0 amide bonds. The van der Waals surface area contributed by atoms with Crippen LogP contribution in [0.4, 0.5) is 0 Å². The first kappa shape index (κ1) is 29.9. The van der Waals surface area contributed by atoms with Gasteiger partial charge in [-0.05, 0) is 98.7 Å². The van der Waals surface area contributed by atoms with Gasteiger partial charge in [0.25, 0.3) is 0 Å². The Morgan fingerprint density at radius 3 is 0.500 bits per heavy atom. The van der Waals surface area contributed by atoms with Crippen LogP contribution in [0, 0.1) is 47.3 Å². The van der Waals surface area contributed by atoms with E-state index in [1.54, 1.807) is 0 Å². The summed E-state index contributed by atoms with van der Waals surface area (Å²) in [6.07, 6.45) is 25.6. The third kappa shape index (κ3) is 5.37. The van der Waals surface area contributed by atoms with E-state index in [2.05, 4.69) is 42.5 Å². The zero-order valence-electron chi connectivity index (χ0n) is 25.9. The molecular formula is C32H59ClGeN8. The molecule has 42 heavy (non-hydrogen) atoms. The van der Waals surface area contributed by atoms with E-state index in [1.165, 1.54) is 103 Å². The summed E-state index contributed by atoms with van der Waals surface area (Å²) in [6, 6.07) is 0. The minimum atomic E-state index is 0.420. The number of fused-ring (bicyclic) bond motifs is 20. The molecule has 0 spiro atoms. The summed E-state index contributed by atoms with van der Waals surface area (Å²) in [5.41, 5.74) is 0. The molecule has 8 bridgehead atoms. The predicted octanol–water partition coefficient (Wildman–Crippen LogP) is 2.11. The number of halogens is 1. The van der Waals surface area contributed by atoms with E-state index in [-0.39, 0.29) is 0 Å². The van der Waals surface area contributed by atoms with Gasteiger partial charge in [0.15, 0.2) is 0 Å². The number of nitrogens with one attached hydrogen (secondary N) is 8. The Kier molecular flexibility index (Phi) is 9.22. The van der Waals surface area contributed by atoms with Crippen LogP contribution in [0.2, 0.25) is 0 Å². The molecule has 8 N–H and O–H groups in total. The molecule has 5 heterocycles. The third-order valence-electron chi connectivity index (χ3n) is 13.8. The van der Waals surface area contributed by atoms with Crippen molar-refractivity contribution in [1.29, 1.82) is 0 Å². The van der Waals surface area contributed by atoms with Crippen molar-refractivity contribution in [1.82, 2.24) is 42.5 Å². The number of hydrogen-bond acceptors (Lipinski definition) is 8. The molecule has 0 aromatic rings. The average Bonchev–Trinajstić information content (AvgIpc) is 3.78. The molecule has 5 saturated heterocycles. The number of hydrogen-bond donors (Lipinski definition) is 8. The van der Waals surface area contributed by atoms with E-state index in [0.717, 1.165) is 47.3 Å². The van der Waals surface area contributed by atoms with Crippen LogP contribution < -0.4 is 42.5 Å². The first-order chi connectivity index (χ1) is 20.8. The second kappa shape index (κ2) is 13.0. The topological polar surface area (TPSA) is 96.2 Å². The monoisotopic (exact) mass is 664 g/mol. The third-order valence-corrected chi connectivity index (χ3v) is 13.8. The van der Waals surface area contributed by atoms with Crippen molar-refractivity contribution in [3.63, 3.8) is 0 Å². The Hall–Kier alpha value is 0.513. The SMILES string of the molecule is C1CCC2C3NC(NC4NC(NC5NC(NC6NC(N3)C3CCCCC63)C3CCCCC53)C3CCCCC43)C2C1.[Cl][GeH3]. The van der Waals surface area contributed by atoms with E-state index in [1.807, 2.05) is 0 Å². The minimum absolute atomic E-state index is 0.420. The van der Waals surface area contributed by atoms with Crippen LogP contribution in [0.25, 0.3) is 0 Å². The molecule has 0 aromatic heterocycles. The van der Waals surface area contributed by atoms with Gasteiger partial charge in [-0.3, -0.25) is 42.5 Å². The first-order valence-electron chi connectivity index (χ1n) is 18.3. The molecule has 0 radical (unpaired) electrons. The zero-order valence-corrected chi connectivity index (χ0v) is 30.9. The summed E-state index contributed by atoms with van der Waals surface area (Å²) in [5, 5.41) is 33.8. The summed E-state index contributed by atoms with van der Waals surface area (Å²) in [5.74, 6) is 5.97. The Bertz CT molecular complexity index is 723. The fourth-order valence-electron chi connectivity index (χ4n) is 12.0. The normalized spacial score (nSPS) is 55.1. The van der Waals surface area contributed by atoms with E-state index < -0.39 is 0 Å². The van der Waals surface area contributed by atoms with E-state index in [0.29, 0.717) is 64.9 Å². The van der Waals surface area contributed by atoms with Crippen molar-refractivity contribution in [2.24, 2.45) is 47.3 Å². The molecule has 5 aliphatic heterocycles. The molecule has 8 atom stereocenters.